The normalized spacial score (nSPS) is 17.8. The van der Waals surface area contributed by atoms with Crippen LogP contribution in [0.15, 0.2) is 0 Å². The first-order valence-corrected chi connectivity index (χ1v) is 6.72. The third-order valence-electron chi connectivity index (χ3n) is 1.75. The van der Waals surface area contributed by atoms with E-state index in [0.717, 1.165) is 0 Å². The monoisotopic (exact) mass is 224 g/mol. The SMILES string of the molecule is CCO[Si](O)(COCC(O)CC)OC. The predicted molar refractivity (Wildman–Crippen MR) is 53.7 cm³/mol. The van der Waals surface area contributed by atoms with Gasteiger partial charge in [-0.15, -0.1) is 0 Å². The van der Waals surface area contributed by atoms with Gasteiger partial charge in [-0.25, -0.2) is 0 Å². The Morgan fingerprint density at radius 3 is 2.43 bits per heavy atom. The van der Waals surface area contributed by atoms with Crippen molar-refractivity contribution in [3.8, 4) is 0 Å². The van der Waals surface area contributed by atoms with Crippen molar-refractivity contribution in [2.24, 2.45) is 0 Å². The zero-order valence-corrected chi connectivity index (χ0v) is 10.0. The Bertz CT molecular complexity index is 146. The summed E-state index contributed by atoms with van der Waals surface area (Å²) in [5.74, 6) is 0. The lowest BCUT2D eigenvalue weighted by Crippen LogP contribution is -2.47. The predicted octanol–water partition coefficient (Wildman–Crippen LogP) is -0.0728. The lowest BCUT2D eigenvalue weighted by Gasteiger charge is -2.21. The van der Waals surface area contributed by atoms with Crippen LogP contribution in [0.4, 0.5) is 0 Å². The Labute approximate surface area is 86.0 Å². The van der Waals surface area contributed by atoms with Gasteiger partial charge in [0.25, 0.3) is 0 Å². The fraction of sp³-hybridized carbons (Fsp3) is 1.00. The van der Waals surface area contributed by atoms with Crippen molar-refractivity contribution in [2.75, 3.05) is 26.6 Å². The Balaban J connectivity index is 3.72. The molecule has 0 bridgehead atoms. The van der Waals surface area contributed by atoms with E-state index >= 15 is 0 Å². The molecule has 0 aromatic carbocycles. The standard InChI is InChI=1S/C8H20O5Si/c1-4-8(9)6-12-7-14(10,11-3)13-5-2/h8-10H,4-7H2,1-3H3. The maximum Gasteiger partial charge on any atom is 0.525 e. The second-order valence-corrected chi connectivity index (χ2v) is 5.34. The second kappa shape index (κ2) is 7.33. The molecule has 0 aliphatic carbocycles. The fourth-order valence-corrected chi connectivity index (χ4v) is 1.97. The molecule has 0 aliphatic rings. The van der Waals surface area contributed by atoms with Crippen molar-refractivity contribution in [1.29, 1.82) is 0 Å². The van der Waals surface area contributed by atoms with Crippen LogP contribution >= 0.6 is 0 Å². The molecule has 0 fully saturated rings. The van der Waals surface area contributed by atoms with Gasteiger partial charge in [0.15, 0.2) is 0 Å². The molecule has 0 aromatic heterocycles. The van der Waals surface area contributed by atoms with Gasteiger partial charge in [-0.05, 0) is 13.3 Å². The van der Waals surface area contributed by atoms with Gasteiger partial charge in [0.1, 0.15) is 6.23 Å². The molecule has 0 aromatic rings. The molecule has 0 rings (SSSR count). The molecule has 0 saturated carbocycles. The first-order valence-electron chi connectivity index (χ1n) is 4.75. The molecule has 2 unspecified atom stereocenters. The van der Waals surface area contributed by atoms with E-state index < -0.39 is 14.9 Å². The number of hydrogen-bond acceptors (Lipinski definition) is 5. The molecule has 86 valence electrons. The van der Waals surface area contributed by atoms with Gasteiger partial charge in [-0.1, -0.05) is 6.92 Å². The summed E-state index contributed by atoms with van der Waals surface area (Å²) in [5, 5.41) is 9.18. The smallest absolute Gasteiger partial charge is 0.391 e. The van der Waals surface area contributed by atoms with Crippen LogP contribution in [0.1, 0.15) is 20.3 Å². The highest BCUT2D eigenvalue weighted by Crippen LogP contribution is 2.03. The number of aliphatic hydroxyl groups excluding tert-OH is 1. The summed E-state index contributed by atoms with van der Waals surface area (Å²) in [6.07, 6.45) is 0.155. The Hall–Kier alpha value is 0.0169. The number of hydrogen-bond donors (Lipinski definition) is 2. The maximum atomic E-state index is 9.69. The molecule has 0 saturated heterocycles. The maximum absolute atomic E-state index is 9.69. The lowest BCUT2D eigenvalue weighted by atomic mass is 10.3. The van der Waals surface area contributed by atoms with E-state index in [0.29, 0.717) is 13.0 Å². The molecule has 6 heteroatoms. The summed E-state index contributed by atoms with van der Waals surface area (Å²) in [6.45, 7) is 4.22. The van der Waals surface area contributed by atoms with Gasteiger partial charge in [-0.3, -0.25) is 0 Å². The van der Waals surface area contributed by atoms with Crippen LogP contribution in [0.3, 0.4) is 0 Å². The molecule has 5 nitrogen and oxygen atoms in total. The van der Waals surface area contributed by atoms with Gasteiger partial charge in [0.05, 0.1) is 12.7 Å². The lowest BCUT2D eigenvalue weighted by molar-refractivity contribution is 0.0205. The topological polar surface area (TPSA) is 68.2 Å². The largest absolute Gasteiger partial charge is 0.525 e. The van der Waals surface area contributed by atoms with Crippen molar-refractivity contribution >= 4 is 8.80 Å². The highest BCUT2D eigenvalue weighted by molar-refractivity contribution is 6.59. The highest BCUT2D eigenvalue weighted by atomic mass is 28.4. The van der Waals surface area contributed by atoms with Gasteiger partial charge in [0, 0.05) is 13.7 Å². The molecule has 2 atom stereocenters. The third-order valence-corrected chi connectivity index (χ3v) is 3.70. The summed E-state index contributed by atoms with van der Waals surface area (Å²) in [4.78, 5) is 9.69. The summed E-state index contributed by atoms with van der Waals surface area (Å²) in [6, 6.07) is 0. The third kappa shape index (κ3) is 5.69. The summed E-state index contributed by atoms with van der Waals surface area (Å²) in [5.41, 5.74) is 0. The average molecular weight is 224 g/mol. The van der Waals surface area contributed by atoms with Crippen LogP contribution in [-0.4, -0.2) is 51.4 Å². The molecule has 14 heavy (non-hydrogen) atoms. The zero-order chi connectivity index (χ0) is 11.0. The van der Waals surface area contributed by atoms with E-state index in [1.165, 1.54) is 7.11 Å². The van der Waals surface area contributed by atoms with Gasteiger partial charge >= 0.3 is 8.80 Å². The Kier molecular flexibility index (Phi) is 7.34. The first-order chi connectivity index (χ1) is 6.58. The average Bonchev–Trinajstić information content (AvgIpc) is 2.18. The van der Waals surface area contributed by atoms with E-state index in [-0.39, 0.29) is 12.8 Å². The van der Waals surface area contributed by atoms with Crippen molar-refractivity contribution in [1.82, 2.24) is 0 Å². The number of aliphatic hydroxyl groups is 1. The van der Waals surface area contributed by atoms with Crippen molar-refractivity contribution < 1.29 is 23.5 Å². The molecule has 0 heterocycles. The van der Waals surface area contributed by atoms with Crippen molar-refractivity contribution in [2.45, 2.75) is 26.4 Å². The van der Waals surface area contributed by atoms with E-state index in [9.17, 15) is 9.90 Å². The van der Waals surface area contributed by atoms with E-state index in [2.05, 4.69) is 0 Å². The van der Waals surface area contributed by atoms with Crippen molar-refractivity contribution in [3.63, 3.8) is 0 Å². The van der Waals surface area contributed by atoms with Crippen LogP contribution in [0.25, 0.3) is 0 Å². The molecule has 0 aliphatic heterocycles. The second-order valence-electron chi connectivity index (χ2n) is 2.93. The number of rotatable bonds is 8. The Morgan fingerprint density at radius 2 is 2.00 bits per heavy atom. The molecule has 2 N–H and O–H groups in total. The number of ether oxygens (including phenoxy) is 1. The van der Waals surface area contributed by atoms with Crippen LogP contribution in [0.2, 0.25) is 0 Å². The minimum Gasteiger partial charge on any atom is -0.391 e. The van der Waals surface area contributed by atoms with Crippen LogP contribution < -0.4 is 0 Å². The van der Waals surface area contributed by atoms with E-state index in [1.54, 1.807) is 6.92 Å². The molecule has 0 spiro atoms. The first kappa shape index (κ1) is 14.0. The Morgan fingerprint density at radius 1 is 1.36 bits per heavy atom. The fourth-order valence-electron chi connectivity index (χ4n) is 0.827. The van der Waals surface area contributed by atoms with Gasteiger partial charge in [-0.2, -0.15) is 0 Å². The summed E-state index contributed by atoms with van der Waals surface area (Å²) in [7, 11) is -1.75. The minimum absolute atomic E-state index is 0.0222. The van der Waals surface area contributed by atoms with Crippen LogP contribution in [-0.2, 0) is 13.6 Å². The molecular weight excluding hydrogens is 204 g/mol. The van der Waals surface area contributed by atoms with Crippen LogP contribution in [0.5, 0.6) is 0 Å². The van der Waals surface area contributed by atoms with E-state index in [4.69, 9.17) is 13.6 Å². The van der Waals surface area contributed by atoms with Gasteiger partial charge in [0.2, 0.25) is 0 Å². The van der Waals surface area contributed by atoms with Gasteiger partial charge < -0.3 is 23.5 Å². The molecular formula is C8H20O5Si. The van der Waals surface area contributed by atoms with Crippen LogP contribution in [0, 0.1) is 0 Å². The quantitative estimate of drug-likeness (QED) is 0.565. The van der Waals surface area contributed by atoms with Crippen molar-refractivity contribution in [3.05, 3.63) is 0 Å². The minimum atomic E-state index is -3.14. The van der Waals surface area contributed by atoms with E-state index in [1.807, 2.05) is 6.92 Å². The summed E-state index contributed by atoms with van der Waals surface area (Å²) < 4.78 is 15.0. The zero-order valence-electron chi connectivity index (χ0n) is 9.02. The molecule has 0 amide bonds. The summed E-state index contributed by atoms with van der Waals surface area (Å²) >= 11 is 0. The highest BCUT2D eigenvalue weighted by Gasteiger charge is 2.36. The molecule has 0 radical (unpaired) electrons.